The molecule has 1 N–H and O–H groups in total. The van der Waals surface area contributed by atoms with Gasteiger partial charge in [0, 0.05) is 38.2 Å². The van der Waals surface area contributed by atoms with Crippen molar-refractivity contribution in [3.63, 3.8) is 0 Å². The Kier molecular flexibility index (Phi) is 8.36. The second-order valence-electron chi connectivity index (χ2n) is 7.82. The molecule has 26 heavy (non-hydrogen) atoms. The van der Waals surface area contributed by atoms with Crippen molar-refractivity contribution in [2.75, 3.05) is 32.8 Å². The summed E-state index contributed by atoms with van der Waals surface area (Å²) in [7, 11) is 0. The minimum Gasteiger partial charge on any atom is -0.493 e. The summed E-state index contributed by atoms with van der Waals surface area (Å²) >= 11 is 0. The maximum absolute atomic E-state index is 13.3. The summed E-state index contributed by atoms with van der Waals surface area (Å²) in [6.45, 7) is 10.5. The third-order valence-electron chi connectivity index (χ3n) is 4.72. The van der Waals surface area contributed by atoms with Crippen LogP contribution in [0, 0.1) is 23.6 Å². The van der Waals surface area contributed by atoms with Gasteiger partial charge in [-0.1, -0.05) is 33.3 Å². The SMILES string of the molecule is CCCCNC(=O)[C@@H]1C[C@H](COc2cccc(F)c2)CN(CC(C)C)C1. The van der Waals surface area contributed by atoms with Crippen LogP contribution in [0.15, 0.2) is 24.3 Å². The number of amides is 1. The highest BCUT2D eigenvalue weighted by Crippen LogP contribution is 2.24. The van der Waals surface area contributed by atoms with E-state index in [2.05, 4.69) is 31.0 Å². The Morgan fingerprint density at radius 1 is 1.38 bits per heavy atom. The van der Waals surface area contributed by atoms with Gasteiger partial charge in [-0.15, -0.1) is 0 Å². The van der Waals surface area contributed by atoms with E-state index >= 15 is 0 Å². The Hall–Kier alpha value is -1.62. The van der Waals surface area contributed by atoms with Crippen molar-refractivity contribution in [1.29, 1.82) is 0 Å². The molecule has 1 aliphatic rings. The number of rotatable bonds is 9. The molecule has 0 saturated carbocycles. The van der Waals surface area contributed by atoms with Crippen LogP contribution in [0.3, 0.4) is 0 Å². The lowest BCUT2D eigenvalue weighted by atomic mass is 9.88. The average Bonchev–Trinajstić information content (AvgIpc) is 2.59. The molecule has 1 amide bonds. The number of nitrogens with one attached hydrogen (secondary N) is 1. The van der Waals surface area contributed by atoms with Crippen LogP contribution in [-0.4, -0.2) is 43.6 Å². The van der Waals surface area contributed by atoms with Gasteiger partial charge in [-0.05, 0) is 30.9 Å². The van der Waals surface area contributed by atoms with Crippen LogP contribution in [-0.2, 0) is 4.79 Å². The predicted octanol–water partition coefficient (Wildman–Crippen LogP) is 3.71. The van der Waals surface area contributed by atoms with E-state index in [9.17, 15) is 9.18 Å². The van der Waals surface area contributed by atoms with Gasteiger partial charge in [0.1, 0.15) is 11.6 Å². The molecule has 1 aromatic rings. The smallest absolute Gasteiger partial charge is 0.224 e. The molecule has 5 heteroatoms. The fourth-order valence-corrected chi connectivity index (χ4v) is 3.58. The maximum Gasteiger partial charge on any atom is 0.224 e. The molecule has 146 valence electrons. The molecule has 0 radical (unpaired) electrons. The first-order chi connectivity index (χ1) is 12.5. The molecule has 0 aliphatic carbocycles. The van der Waals surface area contributed by atoms with Crippen molar-refractivity contribution in [3.05, 3.63) is 30.1 Å². The zero-order chi connectivity index (χ0) is 18.9. The van der Waals surface area contributed by atoms with E-state index in [-0.39, 0.29) is 23.6 Å². The lowest BCUT2D eigenvalue weighted by Gasteiger charge is -2.37. The maximum atomic E-state index is 13.3. The van der Waals surface area contributed by atoms with Crippen LogP contribution in [0.25, 0.3) is 0 Å². The molecule has 1 fully saturated rings. The Bertz CT molecular complexity index is 565. The Labute approximate surface area is 157 Å². The van der Waals surface area contributed by atoms with E-state index in [0.29, 0.717) is 18.3 Å². The average molecular weight is 365 g/mol. The van der Waals surface area contributed by atoms with E-state index in [1.165, 1.54) is 12.1 Å². The number of piperidine rings is 1. The number of hydrogen-bond acceptors (Lipinski definition) is 3. The summed E-state index contributed by atoms with van der Waals surface area (Å²) in [5.74, 6) is 1.24. The molecule has 0 unspecified atom stereocenters. The number of carbonyl (C=O) groups excluding carboxylic acids is 1. The van der Waals surface area contributed by atoms with Crippen molar-refractivity contribution >= 4 is 5.91 Å². The minimum atomic E-state index is -0.291. The van der Waals surface area contributed by atoms with Crippen molar-refractivity contribution in [2.24, 2.45) is 17.8 Å². The number of hydrogen-bond donors (Lipinski definition) is 1. The summed E-state index contributed by atoms with van der Waals surface area (Å²) in [5, 5.41) is 3.07. The molecule has 1 heterocycles. The number of ether oxygens (including phenoxy) is 1. The topological polar surface area (TPSA) is 41.6 Å². The van der Waals surface area contributed by atoms with Gasteiger partial charge in [0.05, 0.1) is 12.5 Å². The highest BCUT2D eigenvalue weighted by Gasteiger charge is 2.32. The first-order valence-corrected chi connectivity index (χ1v) is 9.86. The van der Waals surface area contributed by atoms with E-state index < -0.39 is 0 Å². The van der Waals surface area contributed by atoms with Crippen LogP contribution < -0.4 is 10.1 Å². The largest absolute Gasteiger partial charge is 0.493 e. The van der Waals surface area contributed by atoms with Crippen LogP contribution in [0.4, 0.5) is 4.39 Å². The number of carbonyl (C=O) groups is 1. The Morgan fingerprint density at radius 2 is 2.19 bits per heavy atom. The van der Waals surface area contributed by atoms with Gasteiger partial charge < -0.3 is 15.0 Å². The van der Waals surface area contributed by atoms with E-state index in [1.807, 2.05) is 0 Å². The van der Waals surface area contributed by atoms with Gasteiger partial charge in [-0.3, -0.25) is 4.79 Å². The van der Waals surface area contributed by atoms with Gasteiger partial charge in [0.15, 0.2) is 0 Å². The molecule has 4 nitrogen and oxygen atoms in total. The third-order valence-corrected chi connectivity index (χ3v) is 4.72. The first kappa shape index (κ1) is 20.7. The van der Waals surface area contributed by atoms with Crippen molar-refractivity contribution in [2.45, 2.75) is 40.0 Å². The first-order valence-electron chi connectivity index (χ1n) is 9.86. The fourth-order valence-electron chi connectivity index (χ4n) is 3.58. The van der Waals surface area contributed by atoms with E-state index in [0.717, 1.165) is 45.4 Å². The molecular formula is C21H33FN2O2. The van der Waals surface area contributed by atoms with Crippen LogP contribution >= 0.6 is 0 Å². The third kappa shape index (κ3) is 6.94. The molecule has 0 spiro atoms. The number of halogens is 1. The number of nitrogens with zero attached hydrogens (tertiary/aromatic N) is 1. The summed E-state index contributed by atoms with van der Waals surface area (Å²) in [5.41, 5.74) is 0. The van der Waals surface area contributed by atoms with E-state index in [1.54, 1.807) is 12.1 Å². The summed E-state index contributed by atoms with van der Waals surface area (Å²) in [4.78, 5) is 14.9. The molecule has 2 rings (SSSR count). The Balaban J connectivity index is 1.94. The lowest BCUT2D eigenvalue weighted by Crippen LogP contribution is -2.48. The van der Waals surface area contributed by atoms with E-state index in [4.69, 9.17) is 4.74 Å². The zero-order valence-electron chi connectivity index (χ0n) is 16.3. The second kappa shape index (κ2) is 10.5. The second-order valence-corrected chi connectivity index (χ2v) is 7.82. The van der Waals surface area contributed by atoms with Gasteiger partial charge >= 0.3 is 0 Å². The van der Waals surface area contributed by atoms with Crippen LogP contribution in [0.2, 0.25) is 0 Å². The zero-order valence-corrected chi connectivity index (χ0v) is 16.3. The summed E-state index contributed by atoms with van der Waals surface area (Å²) in [6, 6.07) is 6.24. The quantitative estimate of drug-likeness (QED) is 0.679. The van der Waals surface area contributed by atoms with Gasteiger partial charge in [0.2, 0.25) is 5.91 Å². The van der Waals surface area contributed by atoms with Gasteiger partial charge in [0.25, 0.3) is 0 Å². The molecular weight excluding hydrogens is 331 g/mol. The molecule has 0 aromatic heterocycles. The fraction of sp³-hybridized carbons (Fsp3) is 0.667. The predicted molar refractivity (Wildman–Crippen MR) is 103 cm³/mol. The molecule has 1 aliphatic heterocycles. The highest BCUT2D eigenvalue weighted by atomic mass is 19.1. The Morgan fingerprint density at radius 3 is 2.88 bits per heavy atom. The minimum absolute atomic E-state index is 0.000431. The van der Waals surface area contributed by atoms with Gasteiger partial charge in [-0.2, -0.15) is 0 Å². The molecule has 0 bridgehead atoms. The molecule has 1 saturated heterocycles. The standard InChI is InChI=1S/C21H33FN2O2/c1-4-5-9-23-21(25)18-10-17(13-24(14-18)12-16(2)3)15-26-20-8-6-7-19(22)11-20/h6-8,11,16-18H,4-5,9-10,12-15H2,1-3H3,(H,23,25)/t17-,18+/m0/s1. The van der Waals surface area contributed by atoms with Crippen molar-refractivity contribution in [1.82, 2.24) is 10.2 Å². The summed E-state index contributed by atoms with van der Waals surface area (Å²) < 4.78 is 19.1. The van der Waals surface area contributed by atoms with Crippen LogP contribution in [0.5, 0.6) is 5.75 Å². The number of unbranched alkanes of at least 4 members (excludes halogenated alkanes) is 1. The molecule has 1 aromatic carbocycles. The van der Waals surface area contributed by atoms with Crippen molar-refractivity contribution in [3.8, 4) is 5.75 Å². The number of likely N-dealkylation sites (tertiary alicyclic amines) is 1. The normalized spacial score (nSPS) is 21.0. The van der Waals surface area contributed by atoms with Crippen LogP contribution in [0.1, 0.15) is 40.0 Å². The highest BCUT2D eigenvalue weighted by molar-refractivity contribution is 5.79. The van der Waals surface area contributed by atoms with Crippen molar-refractivity contribution < 1.29 is 13.9 Å². The summed E-state index contributed by atoms with van der Waals surface area (Å²) in [6.07, 6.45) is 2.91. The number of benzene rings is 1. The molecule has 2 atom stereocenters. The van der Waals surface area contributed by atoms with Gasteiger partial charge in [-0.25, -0.2) is 4.39 Å². The lowest BCUT2D eigenvalue weighted by molar-refractivity contribution is -0.127. The monoisotopic (exact) mass is 364 g/mol.